The Labute approximate surface area is 120 Å². The molecule has 3 nitrogen and oxygen atoms in total. The third-order valence-corrected chi connectivity index (χ3v) is 4.32. The molecule has 1 aromatic rings. The first-order chi connectivity index (χ1) is 9.40. The fourth-order valence-corrected chi connectivity index (χ4v) is 2.91. The van der Waals surface area contributed by atoms with Crippen molar-refractivity contribution in [3.63, 3.8) is 0 Å². The Hall–Kier alpha value is -1.13. The highest BCUT2D eigenvalue weighted by Gasteiger charge is 2.25. The van der Waals surface area contributed by atoms with Crippen LogP contribution in [0.25, 0.3) is 0 Å². The lowest BCUT2D eigenvalue weighted by molar-refractivity contribution is 0.109. The van der Waals surface area contributed by atoms with Gasteiger partial charge in [-0.3, -0.25) is 0 Å². The van der Waals surface area contributed by atoms with Gasteiger partial charge in [0.25, 0.3) is 0 Å². The molecule has 0 bridgehead atoms. The molecule has 1 fully saturated rings. The molecule has 0 aromatic heterocycles. The van der Waals surface area contributed by atoms with Gasteiger partial charge in [-0.2, -0.15) is 0 Å². The lowest BCUT2D eigenvalue weighted by atomic mass is 9.91. The first-order valence-corrected chi connectivity index (χ1v) is 7.31. The number of aliphatic hydroxyl groups excluding tert-OH is 2. The molecule has 1 heterocycles. The van der Waals surface area contributed by atoms with E-state index < -0.39 is 6.10 Å². The molecule has 112 valence electrons. The second-order valence-corrected chi connectivity index (χ2v) is 5.90. The maximum absolute atomic E-state index is 13.7. The Morgan fingerprint density at radius 1 is 1.20 bits per heavy atom. The highest BCUT2D eigenvalue weighted by molar-refractivity contribution is 5.57. The summed E-state index contributed by atoms with van der Waals surface area (Å²) in [5.74, 6) is 0.0614. The molecule has 20 heavy (non-hydrogen) atoms. The number of halogens is 1. The fraction of sp³-hybridized carbons (Fsp3) is 0.625. The van der Waals surface area contributed by atoms with Gasteiger partial charge in [-0.15, -0.1) is 0 Å². The fourth-order valence-electron chi connectivity index (χ4n) is 2.91. The third-order valence-electron chi connectivity index (χ3n) is 4.32. The second-order valence-electron chi connectivity index (χ2n) is 5.90. The molecule has 0 amide bonds. The van der Waals surface area contributed by atoms with E-state index >= 15 is 0 Å². The predicted molar refractivity (Wildman–Crippen MR) is 78.4 cm³/mol. The van der Waals surface area contributed by atoms with Crippen LogP contribution in [-0.4, -0.2) is 29.4 Å². The highest BCUT2D eigenvalue weighted by Crippen LogP contribution is 2.32. The van der Waals surface area contributed by atoms with Gasteiger partial charge >= 0.3 is 0 Å². The Bertz CT molecular complexity index is 466. The van der Waals surface area contributed by atoms with E-state index in [9.17, 15) is 14.6 Å². The average Bonchev–Trinajstić information content (AvgIpc) is 2.41. The summed E-state index contributed by atoms with van der Waals surface area (Å²) in [6, 6.07) is 3.26. The van der Waals surface area contributed by atoms with Gasteiger partial charge in [0.1, 0.15) is 5.82 Å². The molecule has 1 aromatic carbocycles. The van der Waals surface area contributed by atoms with Crippen molar-refractivity contribution in [3.05, 3.63) is 29.1 Å². The number of rotatable bonds is 3. The molecule has 0 radical (unpaired) electrons. The maximum atomic E-state index is 13.7. The van der Waals surface area contributed by atoms with Gasteiger partial charge in [0, 0.05) is 24.3 Å². The van der Waals surface area contributed by atoms with Gasteiger partial charge in [0.15, 0.2) is 0 Å². The summed E-state index contributed by atoms with van der Waals surface area (Å²) < 4.78 is 13.7. The van der Waals surface area contributed by atoms with Crippen LogP contribution < -0.4 is 4.90 Å². The van der Waals surface area contributed by atoms with E-state index in [2.05, 4.69) is 4.90 Å². The van der Waals surface area contributed by atoms with Crippen molar-refractivity contribution in [2.24, 2.45) is 5.92 Å². The van der Waals surface area contributed by atoms with Crippen LogP contribution in [0.5, 0.6) is 0 Å². The predicted octanol–water partition coefficient (Wildman–Crippen LogP) is 2.78. The van der Waals surface area contributed by atoms with Crippen LogP contribution in [0.1, 0.15) is 43.9 Å². The number of benzene rings is 1. The monoisotopic (exact) mass is 281 g/mol. The number of piperidine rings is 1. The summed E-state index contributed by atoms with van der Waals surface area (Å²) in [6.07, 6.45) is 0.888. The van der Waals surface area contributed by atoms with Crippen LogP contribution in [0, 0.1) is 18.7 Å². The first kappa shape index (κ1) is 15.3. The SMILES string of the molecule is Cc1cc(N2CCC(C(C)O)CC2)c([C@@H](C)O)cc1F. The first-order valence-electron chi connectivity index (χ1n) is 7.31. The number of aryl methyl sites for hydroxylation is 1. The molecule has 0 saturated carbocycles. The van der Waals surface area contributed by atoms with Crippen molar-refractivity contribution in [2.45, 2.75) is 45.8 Å². The van der Waals surface area contributed by atoms with Crippen molar-refractivity contribution < 1.29 is 14.6 Å². The average molecular weight is 281 g/mol. The second kappa shape index (κ2) is 6.10. The summed E-state index contributed by atoms with van der Waals surface area (Å²) in [5, 5.41) is 19.5. The molecule has 0 spiro atoms. The van der Waals surface area contributed by atoms with Crippen molar-refractivity contribution in [2.75, 3.05) is 18.0 Å². The molecular formula is C16H24FNO2. The molecule has 0 aliphatic carbocycles. The third kappa shape index (κ3) is 3.13. The Morgan fingerprint density at radius 2 is 1.80 bits per heavy atom. The van der Waals surface area contributed by atoms with Crippen molar-refractivity contribution in [1.82, 2.24) is 0 Å². The molecule has 2 rings (SSSR count). The molecule has 1 aliphatic heterocycles. The lowest BCUT2D eigenvalue weighted by Gasteiger charge is -2.36. The Morgan fingerprint density at radius 3 is 2.30 bits per heavy atom. The molecule has 1 saturated heterocycles. The summed E-state index contributed by atoms with van der Waals surface area (Å²) in [6.45, 7) is 6.91. The van der Waals surface area contributed by atoms with E-state index in [1.54, 1.807) is 13.8 Å². The Balaban J connectivity index is 2.23. The quantitative estimate of drug-likeness (QED) is 0.895. The highest BCUT2D eigenvalue weighted by atomic mass is 19.1. The minimum atomic E-state index is -0.686. The van der Waals surface area contributed by atoms with Gasteiger partial charge in [-0.05, 0) is 57.2 Å². The van der Waals surface area contributed by atoms with Crippen LogP contribution in [-0.2, 0) is 0 Å². The zero-order chi connectivity index (χ0) is 14.9. The normalized spacial score (nSPS) is 20.0. The number of hydrogen-bond acceptors (Lipinski definition) is 3. The topological polar surface area (TPSA) is 43.7 Å². The minimum Gasteiger partial charge on any atom is -0.393 e. The van der Waals surface area contributed by atoms with Gasteiger partial charge in [-0.1, -0.05) is 0 Å². The molecule has 1 aliphatic rings. The minimum absolute atomic E-state index is 0.275. The number of anilines is 1. The van der Waals surface area contributed by atoms with E-state index in [1.165, 1.54) is 6.07 Å². The number of aliphatic hydroxyl groups is 2. The molecular weight excluding hydrogens is 257 g/mol. The van der Waals surface area contributed by atoms with E-state index in [0.717, 1.165) is 31.6 Å². The summed E-state index contributed by atoms with van der Waals surface area (Å²) in [7, 11) is 0. The van der Waals surface area contributed by atoms with Crippen LogP contribution in [0.2, 0.25) is 0 Å². The maximum Gasteiger partial charge on any atom is 0.126 e. The standard InChI is InChI=1S/C16H24FNO2/c1-10-8-16(14(12(3)20)9-15(10)17)18-6-4-13(5-7-18)11(2)19/h8-9,11-13,19-20H,4-7H2,1-3H3/t11?,12-/m1/s1. The van der Waals surface area contributed by atoms with Crippen LogP contribution in [0.3, 0.4) is 0 Å². The van der Waals surface area contributed by atoms with Crippen molar-refractivity contribution in [1.29, 1.82) is 0 Å². The molecule has 4 heteroatoms. The zero-order valence-corrected chi connectivity index (χ0v) is 12.4. The smallest absolute Gasteiger partial charge is 0.126 e. The molecule has 2 atom stereocenters. The van der Waals surface area contributed by atoms with E-state index in [0.29, 0.717) is 17.0 Å². The van der Waals surface area contributed by atoms with Gasteiger partial charge in [0.2, 0.25) is 0 Å². The van der Waals surface area contributed by atoms with Crippen molar-refractivity contribution in [3.8, 4) is 0 Å². The van der Waals surface area contributed by atoms with Crippen molar-refractivity contribution >= 4 is 5.69 Å². The van der Waals surface area contributed by atoms with Crippen LogP contribution in [0.4, 0.5) is 10.1 Å². The van der Waals surface area contributed by atoms with E-state index in [-0.39, 0.29) is 11.9 Å². The van der Waals surface area contributed by atoms with Gasteiger partial charge < -0.3 is 15.1 Å². The lowest BCUT2D eigenvalue weighted by Crippen LogP contribution is -2.37. The Kier molecular flexibility index (Phi) is 4.66. The van der Waals surface area contributed by atoms with E-state index in [4.69, 9.17) is 0 Å². The summed E-state index contributed by atoms with van der Waals surface area (Å²) in [5.41, 5.74) is 2.16. The molecule has 1 unspecified atom stereocenters. The van der Waals surface area contributed by atoms with Crippen LogP contribution >= 0.6 is 0 Å². The van der Waals surface area contributed by atoms with Crippen LogP contribution in [0.15, 0.2) is 12.1 Å². The summed E-state index contributed by atoms with van der Waals surface area (Å²) >= 11 is 0. The zero-order valence-electron chi connectivity index (χ0n) is 12.4. The van der Waals surface area contributed by atoms with E-state index in [1.807, 2.05) is 13.0 Å². The number of nitrogens with zero attached hydrogens (tertiary/aromatic N) is 1. The number of hydrogen-bond donors (Lipinski definition) is 2. The largest absolute Gasteiger partial charge is 0.393 e. The summed E-state index contributed by atoms with van der Waals surface area (Å²) in [4.78, 5) is 2.19. The van der Waals surface area contributed by atoms with Gasteiger partial charge in [0.05, 0.1) is 12.2 Å². The van der Waals surface area contributed by atoms with Gasteiger partial charge in [-0.25, -0.2) is 4.39 Å². The molecule has 2 N–H and O–H groups in total.